The van der Waals surface area contributed by atoms with E-state index in [1.165, 1.54) is 12.8 Å². The predicted octanol–water partition coefficient (Wildman–Crippen LogP) is 8.32. The summed E-state index contributed by atoms with van der Waals surface area (Å²) in [6.45, 7) is 9.25. The number of furan rings is 1. The van der Waals surface area contributed by atoms with Crippen LogP contribution < -0.4 is 0 Å². The molecule has 34 heavy (non-hydrogen) atoms. The molecule has 0 saturated carbocycles. The van der Waals surface area contributed by atoms with Gasteiger partial charge in [0.25, 0.3) is 0 Å². The summed E-state index contributed by atoms with van der Waals surface area (Å²) in [4.78, 5) is 26.4. The standard InChI is InChI=1S/C30H45NO3/c1-5-8-9-10-11-12-13-14-15-16-17-18-19-20-21-22-27(32)29-24-23-28(34-29)26(4)25-30(33)31(6-2)7-3/h8-9,11-12,14-15,23-25H,5-7,10,13,16-22H2,1-4H3/b9-8+,12-11+,15-14+,26-25-. The maximum atomic E-state index is 12.4. The zero-order valence-corrected chi connectivity index (χ0v) is 21.9. The fourth-order valence-corrected chi connectivity index (χ4v) is 3.61. The third-order valence-corrected chi connectivity index (χ3v) is 5.74. The third-order valence-electron chi connectivity index (χ3n) is 5.74. The van der Waals surface area contributed by atoms with E-state index < -0.39 is 0 Å². The van der Waals surface area contributed by atoms with Crippen LogP contribution in [-0.2, 0) is 4.79 Å². The van der Waals surface area contributed by atoms with E-state index in [0.717, 1.165) is 50.5 Å². The maximum absolute atomic E-state index is 12.4. The highest BCUT2D eigenvalue weighted by Gasteiger charge is 2.13. The Hall–Kier alpha value is -2.62. The van der Waals surface area contributed by atoms with Crippen molar-refractivity contribution in [2.45, 2.75) is 91.9 Å². The Morgan fingerprint density at radius 2 is 1.38 bits per heavy atom. The highest BCUT2D eigenvalue weighted by Crippen LogP contribution is 2.20. The molecule has 188 valence electrons. The van der Waals surface area contributed by atoms with E-state index in [4.69, 9.17) is 4.42 Å². The molecule has 1 amide bonds. The van der Waals surface area contributed by atoms with Crippen LogP contribution >= 0.6 is 0 Å². The molecule has 0 aliphatic heterocycles. The minimum atomic E-state index is -0.0328. The summed E-state index contributed by atoms with van der Waals surface area (Å²) in [6, 6.07) is 3.50. The van der Waals surface area contributed by atoms with E-state index in [1.807, 2.05) is 20.8 Å². The Morgan fingerprint density at radius 3 is 2.06 bits per heavy atom. The molecular formula is C30H45NO3. The van der Waals surface area contributed by atoms with Crippen molar-refractivity contribution in [1.29, 1.82) is 0 Å². The summed E-state index contributed by atoms with van der Waals surface area (Å²) in [5, 5.41) is 0. The zero-order valence-electron chi connectivity index (χ0n) is 21.9. The molecule has 1 aromatic heterocycles. The van der Waals surface area contributed by atoms with Crippen molar-refractivity contribution < 1.29 is 14.0 Å². The number of nitrogens with zero attached hydrogens (tertiary/aromatic N) is 1. The molecule has 0 fully saturated rings. The molecule has 0 aromatic carbocycles. The Kier molecular flexibility index (Phi) is 16.2. The Morgan fingerprint density at radius 1 is 0.794 bits per heavy atom. The predicted molar refractivity (Wildman–Crippen MR) is 144 cm³/mol. The van der Waals surface area contributed by atoms with E-state index in [9.17, 15) is 9.59 Å². The summed E-state index contributed by atoms with van der Waals surface area (Å²) in [5.74, 6) is 0.976. The number of ketones is 1. The van der Waals surface area contributed by atoms with Gasteiger partial charge in [-0.1, -0.05) is 62.6 Å². The number of amides is 1. The highest BCUT2D eigenvalue weighted by atomic mass is 16.3. The number of hydrogen-bond acceptors (Lipinski definition) is 3. The first kappa shape index (κ1) is 29.4. The largest absolute Gasteiger partial charge is 0.453 e. The number of allylic oxidation sites excluding steroid dienone is 7. The average Bonchev–Trinajstić information content (AvgIpc) is 3.33. The number of unbranched alkanes of at least 4 members (excludes halogenated alkanes) is 5. The van der Waals surface area contributed by atoms with Crippen LogP contribution in [0.1, 0.15) is 108 Å². The number of rotatable bonds is 18. The molecule has 0 bridgehead atoms. The van der Waals surface area contributed by atoms with Gasteiger partial charge in [0, 0.05) is 25.6 Å². The van der Waals surface area contributed by atoms with Gasteiger partial charge in [0.05, 0.1) is 0 Å². The third kappa shape index (κ3) is 12.6. The summed E-state index contributed by atoms with van der Waals surface area (Å²) in [5.41, 5.74) is 0.741. The van der Waals surface area contributed by atoms with Crippen molar-refractivity contribution in [2.75, 3.05) is 13.1 Å². The van der Waals surface area contributed by atoms with Crippen molar-refractivity contribution in [3.05, 3.63) is 66.2 Å². The van der Waals surface area contributed by atoms with Gasteiger partial charge in [-0.2, -0.15) is 0 Å². The van der Waals surface area contributed by atoms with Crippen molar-refractivity contribution >= 4 is 17.3 Å². The van der Waals surface area contributed by atoms with Crippen LogP contribution in [0.4, 0.5) is 0 Å². The number of carbonyl (C=O) groups excluding carboxylic acids is 2. The van der Waals surface area contributed by atoms with Gasteiger partial charge in [-0.05, 0) is 77.0 Å². The normalized spacial score (nSPS) is 12.4. The first-order valence-electron chi connectivity index (χ1n) is 13.1. The molecule has 0 spiro atoms. The summed E-state index contributed by atoms with van der Waals surface area (Å²) in [6.07, 6.45) is 25.2. The smallest absolute Gasteiger partial charge is 0.246 e. The van der Waals surface area contributed by atoms with Gasteiger partial charge in [0.2, 0.25) is 5.91 Å². The van der Waals surface area contributed by atoms with Crippen LogP contribution in [0.3, 0.4) is 0 Å². The molecule has 0 aliphatic carbocycles. The van der Waals surface area contributed by atoms with Crippen LogP contribution in [0, 0.1) is 0 Å². The second-order valence-corrected chi connectivity index (χ2v) is 8.53. The lowest BCUT2D eigenvalue weighted by Crippen LogP contribution is -2.28. The Labute approximate surface area is 207 Å². The van der Waals surface area contributed by atoms with Gasteiger partial charge in [-0.3, -0.25) is 9.59 Å². The maximum Gasteiger partial charge on any atom is 0.246 e. The van der Waals surface area contributed by atoms with Crippen LogP contribution in [0.15, 0.2) is 59.1 Å². The molecule has 0 saturated heterocycles. The minimum absolute atomic E-state index is 0.0328. The molecule has 0 unspecified atom stereocenters. The molecule has 1 aromatic rings. The topological polar surface area (TPSA) is 50.5 Å². The quantitative estimate of drug-likeness (QED) is 0.0943. The second kappa shape index (κ2) is 18.8. The van der Waals surface area contributed by atoms with Gasteiger partial charge in [-0.15, -0.1) is 0 Å². The van der Waals surface area contributed by atoms with E-state index in [1.54, 1.807) is 23.1 Å². The lowest BCUT2D eigenvalue weighted by Gasteiger charge is -2.16. The average molecular weight is 468 g/mol. The minimum Gasteiger partial charge on any atom is -0.453 e. The number of Topliss-reactive ketones (excluding diaryl/α,β-unsaturated/α-hetero) is 1. The Bertz CT molecular complexity index is 822. The van der Waals surface area contributed by atoms with Crippen molar-refractivity contribution in [3.63, 3.8) is 0 Å². The monoisotopic (exact) mass is 467 g/mol. The van der Waals surface area contributed by atoms with Crippen molar-refractivity contribution in [1.82, 2.24) is 4.90 Å². The summed E-state index contributed by atoms with van der Waals surface area (Å²) in [7, 11) is 0. The fraction of sp³-hybridized carbons (Fsp3) is 0.533. The molecule has 1 heterocycles. The summed E-state index contributed by atoms with van der Waals surface area (Å²) >= 11 is 0. The van der Waals surface area contributed by atoms with Gasteiger partial charge in [-0.25, -0.2) is 0 Å². The highest BCUT2D eigenvalue weighted by molar-refractivity contribution is 5.96. The van der Waals surface area contributed by atoms with E-state index in [-0.39, 0.29) is 11.7 Å². The van der Waals surface area contributed by atoms with Crippen LogP contribution in [-0.4, -0.2) is 29.7 Å². The molecule has 1 rings (SSSR count). The van der Waals surface area contributed by atoms with Crippen LogP contribution in [0.25, 0.3) is 5.57 Å². The van der Waals surface area contributed by atoms with E-state index in [0.29, 0.717) is 31.0 Å². The SMILES string of the molecule is CC/C=C/C/C=C/C/C=C/CCCCCCCC(=O)c1ccc(/C(C)=C\C(=O)N(CC)CC)o1. The zero-order chi connectivity index (χ0) is 25.0. The molecule has 0 N–H and O–H groups in total. The van der Waals surface area contributed by atoms with Crippen LogP contribution in [0.5, 0.6) is 0 Å². The number of hydrogen-bond donors (Lipinski definition) is 0. The van der Waals surface area contributed by atoms with Crippen molar-refractivity contribution in [2.24, 2.45) is 0 Å². The van der Waals surface area contributed by atoms with Gasteiger partial charge >= 0.3 is 0 Å². The first-order chi connectivity index (χ1) is 16.5. The molecule has 4 heteroatoms. The van der Waals surface area contributed by atoms with Crippen molar-refractivity contribution in [3.8, 4) is 0 Å². The van der Waals surface area contributed by atoms with Gasteiger partial charge < -0.3 is 9.32 Å². The summed E-state index contributed by atoms with van der Waals surface area (Å²) < 4.78 is 5.73. The molecular weight excluding hydrogens is 422 g/mol. The van der Waals surface area contributed by atoms with Crippen LogP contribution in [0.2, 0.25) is 0 Å². The fourth-order valence-electron chi connectivity index (χ4n) is 3.61. The molecule has 0 radical (unpaired) electrons. The van der Waals surface area contributed by atoms with Gasteiger partial charge in [0.15, 0.2) is 11.5 Å². The van der Waals surface area contributed by atoms with E-state index >= 15 is 0 Å². The number of likely N-dealkylation sites (N-methyl/N-ethyl adjacent to an activating group) is 1. The lowest BCUT2D eigenvalue weighted by atomic mass is 10.1. The Balaban J connectivity index is 2.20. The van der Waals surface area contributed by atoms with E-state index in [2.05, 4.69) is 43.4 Å². The number of carbonyl (C=O) groups is 2. The van der Waals surface area contributed by atoms with Gasteiger partial charge in [0.1, 0.15) is 5.76 Å². The second-order valence-electron chi connectivity index (χ2n) is 8.53. The molecule has 0 aliphatic rings. The molecule has 0 atom stereocenters. The lowest BCUT2D eigenvalue weighted by molar-refractivity contribution is -0.125. The first-order valence-corrected chi connectivity index (χ1v) is 13.1. The molecule has 4 nitrogen and oxygen atoms in total.